The summed E-state index contributed by atoms with van der Waals surface area (Å²) in [6.07, 6.45) is -0.988. The number of carbonyl (C=O) groups excluding carboxylic acids is 1. The lowest BCUT2D eigenvalue weighted by molar-refractivity contribution is 0.0522. The molecule has 0 radical (unpaired) electrons. The molecule has 0 aliphatic heterocycles. The Morgan fingerprint density at radius 3 is 2.45 bits per heavy atom. The molecule has 0 heterocycles. The first-order valence-corrected chi connectivity index (χ1v) is 6.93. The molecule has 1 rings (SSSR count). The molecule has 112 valence electrons. The molecule has 0 saturated carbocycles. The van der Waals surface area contributed by atoms with Crippen molar-refractivity contribution in [2.24, 2.45) is 5.92 Å². The maximum atomic E-state index is 11.7. The number of aliphatic hydroxyl groups is 1. The maximum absolute atomic E-state index is 11.7. The Balaban J connectivity index is 2.71. The summed E-state index contributed by atoms with van der Waals surface area (Å²) < 4.78 is 5.19. The summed E-state index contributed by atoms with van der Waals surface area (Å²) in [5.74, 6) is 0.123. The zero-order valence-corrected chi connectivity index (χ0v) is 12.9. The monoisotopic (exact) mass is 279 g/mol. The van der Waals surface area contributed by atoms with Crippen LogP contribution in [0.15, 0.2) is 24.3 Å². The van der Waals surface area contributed by atoms with Crippen LogP contribution in [0.4, 0.5) is 4.79 Å². The van der Waals surface area contributed by atoms with Crippen LogP contribution in [-0.4, -0.2) is 16.8 Å². The van der Waals surface area contributed by atoms with Gasteiger partial charge in [0.05, 0.1) is 6.10 Å². The Morgan fingerprint density at radius 1 is 1.30 bits per heavy atom. The Bertz CT molecular complexity index is 449. The minimum atomic E-state index is -0.536. The van der Waals surface area contributed by atoms with Crippen LogP contribution in [0.3, 0.4) is 0 Å². The SMILES string of the molecule is CC(C)C(O)c1ccccc1CNC(=O)OC(C)(C)C. The Labute approximate surface area is 121 Å². The topological polar surface area (TPSA) is 58.6 Å². The highest BCUT2D eigenvalue weighted by atomic mass is 16.6. The van der Waals surface area contributed by atoms with Crippen LogP contribution in [0.2, 0.25) is 0 Å². The Hall–Kier alpha value is -1.55. The van der Waals surface area contributed by atoms with E-state index >= 15 is 0 Å². The molecule has 0 bridgehead atoms. The number of hydrogen-bond acceptors (Lipinski definition) is 3. The molecular formula is C16H25NO3. The van der Waals surface area contributed by atoms with Gasteiger partial charge in [0, 0.05) is 6.54 Å². The van der Waals surface area contributed by atoms with Crippen molar-refractivity contribution in [3.05, 3.63) is 35.4 Å². The van der Waals surface area contributed by atoms with Gasteiger partial charge in [-0.15, -0.1) is 0 Å². The zero-order chi connectivity index (χ0) is 15.3. The summed E-state index contributed by atoms with van der Waals surface area (Å²) in [6, 6.07) is 7.57. The highest BCUT2D eigenvalue weighted by Gasteiger charge is 2.18. The second-order valence-corrected chi connectivity index (χ2v) is 6.24. The highest BCUT2D eigenvalue weighted by Crippen LogP contribution is 2.24. The summed E-state index contributed by atoms with van der Waals surface area (Å²) in [5, 5.41) is 12.9. The number of nitrogens with one attached hydrogen (secondary N) is 1. The fourth-order valence-electron chi connectivity index (χ4n) is 1.82. The summed E-state index contributed by atoms with van der Waals surface area (Å²) in [5.41, 5.74) is 1.24. The fourth-order valence-corrected chi connectivity index (χ4v) is 1.82. The van der Waals surface area contributed by atoms with E-state index in [-0.39, 0.29) is 5.92 Å². The van der Waals surface area contributed by atoms with Crippen molar-refractivity contribution in [3.8, 4) is 0 Å². The molecule has 1 unspecified atom stereocenters. The van der Waals surface area contributed by atoms with Gasteiger partial charge in [-0.1, -0.05) is 38.1 Å². The normalized spacial score (nSPS) is 13.2. The minimum Gasteiger partial charge on any atom is -0.444 e. The van der Waals surface area contributed by atoms with Gasteiger partial charge in [-0.2, -0.15) is 0 Å². The van der Waals surface area contributed by atoms with Gasteiger partial charge in [0.15, 0.2) is 0 Å². The summed E-state index contributed by atoms with van der Waals surface area (Å²) in [7, 11) is 0. The maximum Gasteiger partial charge on any atom is 0.407 e. The van der Waals surface area contributed by atoms with Crippen LogP contribution in [0.25, 0.3) is 0 Å². The molecule has 1 aromatic carbocycles. The van der Waals surface area contributed by atoms with E-state index in [1.54, 1.807) is 0 Å². The summed E-state index contributed by atoms with van der Waals surface area (Å²) >= 11 is 0. The van der Waals surface area contributed by atoms with Crippen molar-refractivity contribution in [3.63, 3.8) is 0 Å². The zero-order valence-electron chi connectivity index (χ0n) is 12.9. The van der Waals surface area contributed by atoms with E-state index in [9.17, 15) is 9.90 Å². The van der Waals surface area contributed by atoms with Crippen molar-refractivity contribution < 1.29 is 14.6 Å². The van der Waals surface area contributed by atoms with E-state index in [1.165, 1.54) is 0 Å². The molecule has 2 N–H and O–H groups in total. The average Bonchev–Trinajstić information content (AvgIpc) is 2.33. The molecule has 4 nitrogen and oxygen atoms in total. The van der Waals surface area contributed by atoms with Crippen molar-refractivity contribution >= 4 is 6.09 Å². The van der Waals surface area contributed by atoms with Gasteiger partial charge >= 0.3 is 6.09 Å². The van der Waals surface area contributed by atoms with Gasteiger partial charge in [0.2, 0.25) is 0 Å². The number of benzene rings is 1. The van der Waals surface area contributed by atoms with Gasteiger partial charge in [-0.25, -0.2) is 4.79 Å². The third kappa shape index (κ3) is 5.21. The molecule has 0 fully saturated rings. The number of aliphatic hydroxyl groups excluding tert-OH is 1. The molecule has 20 heavy (non-hydrogen) atoms. The molecule has 0 aliphatic rings. The number of rotatable bonds is 4. The van der Waals surface area contributed by atoms with E-state index in [0.717, 1.165) is 11.1 Å². The van der Waals surface area contributed by atoms with Crippen LogP contribution in [-0.2, 0) is 11.3 Å². The first kappa shape index (κ1) is 16.5. The van der Waals surface area contributed by atoms with Crippen molar-refractivity contribution in [2.45, 2.75) is 52.9 Å². The number of ether oxygens (including phenoxy) is 1. The average molecular weight is 279 g/mol. The standard InChI is InChI=1S/C16H25NO3/c1-11(2)14(18)13-9-7-6-8-12(13)10-17-15(19)20-16(3,4)5/h6-9,11,14,18H,10H2,1-5H3,(H,17,19). The van der Waals surface area contributed by atoms with Gasteiger partial charge in [0.25, 0.3) is 0 Å². The first-order valence-electron chi connectivity index (χ1n) is 6.93. The highest BCUT2D eigenvalue weighted by molar-refractivity contribution is 5.67. The molecule has 1 atom stereocenters. The van der Waals surface area contributed by atoms with Crippen LogP contribution in [0, 0.1) is 5.92 Å². The largest absolute Gasteiger partial charge is 0.444 e. The second-order valence-electron chi connectivity index (χ2n) is 6.24. The number of carbonyl (C=O) groups is 1. The van der Waals surface area contributed by atoms with Gasteiger partial charge < -0.3 is 15.2 Å². The second kappa shape index (κ2) is 6.75. The Kier molecular flexibility index (Phi) is 5.57. The fraction of sp³-hybridized carbons (Fsp3) is 0.562. The van der Waals surface area contributed by atoms with Gasteiger partial charge in [-0.3, -0.25) is 0 Å². The van der Waals surface area contributed by atoms with Gasteiger partial charge in [0.1, 0.15) is 5.60 Å². The number of hydrogen-bond donors (Lipinski definition) is 2. The smallest absolute Gasteiger partial charge is 0.407 e. The van der Waals surface area contributed by atoms with Crippen LogP contribution < -0.4 is 5.32 Å². The molecule has 4 heteroatoms. The summed E-state index contributed by atoms with van der Waals surface area (Å²) in [4.78, 5) is 11.7. The predicted octanol–water partition coefficient (Wildman–Crippen LogP) is 3.40. The summed E-state index contributed by atoms with van der Waals surface area (Å²) in [6.45, 7) is 9.73. The molecule has 0 aromatic heterocycles. The third-order valence-corrected chi connectivity index (χ3v) is 2.83. The molecule has 0 spiro atoms. The number of alkyl carbamates (subject to hydrolysis) is 1. The van der Waals surface area contributed by atoms with Crippen LogP contribution >= 0.6 is 0 Å². The molecule has 1 amide bonds. The predicted molar refractivity (Wildman–Crippen MR) is 79.3 cm³/mol. The lowest BCUT2D eigenvalue weighted by Crippen LogP contribution is -2.32. The molecule has 0 saturated heterocycles. The Morgan fingerprint density at radius 2 is 1.90 bits per heavy atom. The van der Waals surface area contributed by atoms with E-state index in [2.05, 4.69) is 5.32 Å². The van der Waals surface area contributed by atoms with E-state index < -0.39 is 17.8 Å². The molecule has 0 aliphatic carbocycles. The molecular weight excluding hydrogens is 254 g/mol. The van der Waals surface area contributed by atoms with Gasteiger partial charge in [-0.05, 0) is 37.8 Å². The van der Waals surface area contributed by atoms with E-state index in [0.29, 0.717) is 6.54 Å². The van der Waals surface area contributed by atoms with Crippen molar-refractivity contribution in [2.75, 3.05) is 0 Å². The van der Waals surface area contributed by atoms with Crippen molar-refractivity contribution in [1.29, 1.82) is 0 Å². The first-order chi connectivity index (χ1) is 9.20. The van der Waals surface area contributed by atoms with E-state index in [1.807, 2.05) is 58.9 Å². The van der Waals surface area contributed by atoms with Crippen LogP contribution in [0.1, 0.15) is 51.8 Å². The van der Waals surface area contributed by atoms with E-state index in [4.69, 9.17) is 4.74 Å². The third-order valence-electron chi connectivity index (χ3n) is 2.83. The lowest BCUT2D eigenvalue weighted by Gasteiger charge is -2.21. The van der Waals surface area contributed by atoms with Crippen LogP contribution in [0.5, 0.6) is 0 Å². The molecule has 1 aromatic rings. The lowest BCUT2D eigenvalue weighted by atomic mass is 9.95. The minimum absolute atomic E-state index is 0.123. The quantitative estimate of drug-likeness (QED) is 0.888. The van der Waals surface area contributed by atoms with Crippen molar-refractivity contribution in [1.82, 2.24) is 5.32 Å². The number of amides is 1.